The lowest BCUT2D eigenvalue weighted by molar-refractivity contribution is -0.119. The number of rotatable bonds is 5. The fraction of sp³-hybridized carbons (Fsp3) is 0.562. The lowest BCUT2D eigenvalue weighted by Gasteiger charge is -2.19. The van der Waals surface area contributed by atoms with Crippen LogP contribution in [0.5, 0.6) is 0 Å². The third kappa shape index (κ3) is 5.42. The number of thioether (sulfide) groups is 1. The molecular formula is C16H24N4O4S2. The third-order valence-corrected chi connectivity index (χ3v) is 6.98. The van der Waals surface area contributed by atoms with Crippen LogP contribution in [0, 0.1) is 0 Å². The van der Waals surface area contributed by atoms with Crippen molar-refractivity contribution < 1.29 is 18.0 Å². The Kier molecular flexibility index (Phi) is 7.42. The van der Waals surface area contributed by atoms with Crippen molar-refractivity contribution in [1.82, 2.24) is 19.9 Å². The van der Waals surface area contributed by atoms with E-state index in [0.717, 1.165) is 37.4 Å². The third-order valence-electron chi connectivity index (χ3n) is 4.04. The van der Waals surface area contributed by atoms with E-state index >= 15 is 0 Å². The zero-order chi connectivity index (χ0) is 19.2. The number of urea groups is 1. The Bertz CT molecular complexity index is 729. The average Bonchev–Trinajstić information content (AvgIpc) is 2.92. The molecule has 1 saturated heterocycles. The van der Waals surface area contributed by atoms with Crippen molar-refractivity contribution in [3.8, 4) is 0 Å². The second-order valence-corrected chi connectivity index (χ2v) is 9.28. The molecule has 1 fully saturated rings. The van der Waals surface area contributed by atoms with Gasteiger partial charge in [0, 0.05) is 26.3 Å². The summed E-state index contributed by atoms with van der Waals surface area (Å²) in [5.74, 6) is -0.447. The van der Waals surface area contributed by atoms with E-state index in [1.807, 2.05) is 0 Å². The summed E-state index contributed by atoms with van der Waals surface area (Å²) in [5.41, 5.74) is 0. The normalized spacial score (nSPS) is 17.2. The van der Waals surface area contributed by atoms with Crippen molar-refractivity contribution in [3.63, 3.8) is 0 Å². The smallest absolute Gasteiger partial charge is 0.321 e. The molecule has 1 atom stereocenters. The van der Waals surface area contributed by atoms with E-state index in [1.165, 1.54) is 23.6 Å². The molecule has 1 aliphatic heterocycles. The largest absolute Gasteiger partial charge is 0.341 e. The summed E-state index contributed by atoms with van der Waals surface area (Å²) >= 11 is 1.15. The van der Waals surface area contributed by atoms with Crippen LogP contribution in [0.15, 0.2) is 28.3 Å². The molecule has 2 N–H and O–H groups in total. The molecule has 0 spiro atoms. The SMILES string of the molecule is CNC(=O)NC(=O)C(C)Sc1ccc(S(=O)(=O)N2CCCCCC2)cn1. The summed E-state index contributed by atoms with van der Waals surface area (Å²) in [5, 5.41) is 4.47. The molecular weight excluding hydrogens is 376 g/mol. The van der Waals surface area contributed by atoms with Gasteiger partial charge in [0.05, 0.1) is 10.3 Å². The summed E-state index contributed by atoms with van der Waals surface area (Å²) < 4.78 is 26.9. The van der Waals surface area contributed by atoms with Crippen LogP contribution >= 0.6 is 11.8 Å². The van der Waals surface area contributed by atoms with Gasteiger partial charge in [-0.15, -0.1) is 0 Å². The molecule has 2 rings (SSSR count). The van der Waals surface area contributed by atoms with Crippen molar-refractivity contribution in [2.75, 3.05) is 20.1 Å². The van der Waals surface area contributed by atoms with Gasteiger partial charge in [0.15, 0.2) is 0 Å². The summed E-state index contributed by atoms with van der Waals surface area (Å²) in [6.45, 7) is 2.72. The van der Waals surface area contributed by atoms with Crippen LogP contribution in [0.1, 0.15) is 32.6 Å². The molecule has 0 saturated carbocycles. The highest BCUT2D eigenvalue weighted by Gasteiger charge is 2.25. The Morgan fingerprint density at radius 2 is 1.85 bits per heavy atom. The summed E-state index contributed by atoms with van der Waals surface area (Å²) in [6.07, 6.45) is 5.18. The maximum atomic E-state index is 12.7. The first-order valence-electron chi connectivity index (χ1n) is 8.50. The van der Waals surface area contributed by atoms with Gasteiger partial charge in [0.25, 0.3) is 0 Å². The second kappa shape index (κ2) is 9.33. The maximum Gasteiger partial charge on any atom is 0.321 e. The zero-order valence-corrected chi connectivity index (χ0v) is 16.5. The molecule has 0 bridgehead atoms. The van der Waals surface area contributed by atoms with Crippen molar-refractivity contribution in [2.45, 2.75) is 47.8 Å². The fourth-order valence-corrected chi connectivity index (χ4v) is 4.78. The number of carbonyl (C=O) groups is 2. The number of pyridine rings is 1. The number of sulfonamides is 1. The molecule has 26 heavy (non-hydrogen) atoms. The van der Waals surface area contributed by atoms with Gasteiger partial charge in [-0.1, -0.05) is 24.6 Å². The summed E-state index contributed by atoms with van der Waals surface area (Å²) in [7, 11) is -2.11. The molecule has 0 radical (unpaired) electrons. The van der Waals surface area contributed by atoms with E-state index in [1.54, 1.807) is 13.0 Å². The fourth-order valence-electron chi connectivity index (χ4n) is 2.53. The molecule has 1 aliphatic rings. The molecule has 8 nitrogen and oxygen atoms in total. The average molecular weight is 401 g/mol. The number of hydrogen-bond acceptors (Lipinski definition) is 6. The Morgan fingerprint density at radius 1 is 1.19 bits per heavy atom. The number of carbonyl (C=O) groups excluding carboxylic acids is 2. The predicted molar refractivity (Wildman–Crippen MR) is 99.4 cm³/mol. The van der Waals surface area contributed by atoms with Gasteiger partial charge in [0.1, 0.15) is 4.90 Å². The minimum absolute atomic E-state index is 0.159. The van der Waals surface area contributed by atoms with Crippen LogP contribution in [-0.4, -0.2) is 55.0 Å². The number of nitrogens with zero attached hydrogens (tertiary/aromatic N) is 2. The Hall–Kier alpha value is -1.65. The highest BCUT2D eigenvalue weighted by atomic mass is 32.2. The van der Waals surface area contributed by atoms with E-state index < -0.39 is 27.2 Å². The van der Waals surface area contributed by atoms with Crippen molar-refractivity contribution >= 4 is 33.7 Å². The minimum Gasteiger partial charge on any atom is -0.341 e. The van der Waals surface area contributed by atoms with Gasteiger partial charge >= 0.3 is 6.03 Å². The van der Waals surface area contributed by atoms with Gasteiger partial charge < -0.3 is 5.32 Å². The number of aromatic nitrogens is 1. The molecule has 10 heteroatoms. The Balaban J connectivity index is 2.03. The quantitative estimate of drug-likeness (QED) is 0.727. The van der Waals surface area contributed by atoms with E-state index in [2.05, 4.69) is 15.6 Å². The zero-order valence-electron chi connectivity index (χ0n) is 14.9. The highest BCUT2D eigenvalue weighted by molar-refractivity contribution is 8.00. The molecule has 1 unspecified atom stereocenters. The number of amides is 3. The molecule has 0 aromatic carbocycles. The van der Waals surface area contributed by atoms with Gasteiger partial charge in [-0.05, 0) is 31.9 Å². The van der Waals surface area contributed by atoms with Crippen molar-refractivity contribution in [3.05, 3.63) is 18.3 Å². The molecule has 144 valence electrons. The first-order valence-corrected chi connectivity index (χ1v) is 10.8. The van der Waals surface area contributed by atoms with Crippen LogP contribution < -0.4 is 10.6 Å². The number of nitrogens with one attached hydrogen (secondary N) is 2. The van der Waals surface area contributed by atoms with E-state index in [4.69, 9.17) is 0 Å². The van der Waals surface area contributed by atoms with Crippen LogP contribution in [-0.2, 0) is 14.8 Å². The van der Waals surface area contributed by atoms with Gasteiger partial charge in [0.2, 0.25) is 15.9 Å². The van der Waals surface area contributed by atoms with Crippen LogP contribution in [0.3, 0.4) is 0 Å². The topological polar surface area (TPSA) is 108 Å². The van der Waals surface area contributed by atoms with E-state index in [9.17, 15) is 18.0 Å². The van der Waals surface area contributed by atoms with Crippen molar-refractivity contribution in [2.24, 2.45) is 0 Å². The Labute approximate surface area is 158 Å². The molecule has 1 aromatic heterocycles. The van der Waals surface area contributed by atoms with Gasteiger partial charge in [-0.2, -0.15) is 4.31 Å². The molecule has 2 heterocycles. The van der Waals surface area contributed by atoms with Crippen LogP contribution in [0.4, 0.5) is 4.79 Å². The maximum absolute atomic E-state index is 12.7. The predicted octanol–water partition coefficient (Wildman–Crippen LogP) is 1.58. The van der Waals surface area contributed by atoms with Crippen LogP contribution in [0.2, 0.25) is 0 Å². The first-order chi connectivity index (χ1) is 12.3. The number of imide groups is 1. The molecule has 0 aliphatic carbocycles. The monoisotopic (exact) mass is 400 g/mol. The second-order valence-electron chi connectivity index (χ2n) is 5.98. The lowest BCUT2D eigenvalue weighted by Crippen LogP contribution is -2.41. The van der Waals surface area contributed by atoms with Gasteiger partial charge in [-0.3, -0.25) is 10.1 Å². The molecule has 1 aromatic rings. The molecule has 3 amide bonds. The summed E-state index contributed by atoms with van der Waals surface area (Å²) in [6, 6.07) is 2.52. The Morgan fingerprint density at radius 3 is 2.38 bits per heavy atom. The van der Waals surface area contributed by atoms with E-state index in [0.29, 0.717) is 18.1 Å². The standard InChI is InChI=1S/C16H24N4O4S2/c1-12(15(21)19-16(22)17-2)25-14-8-7-13(11-18-14)26(23,24)20-9-5-3-4-6-10-20/h7-8,11-12H,3-6,9-10H2,1-2H3,(H2,17,19,21,22). The van der Waals surface area contributed by atoms with Gasteiger partial charge in [-0.25, -0.2) is 18.2 Å². The summed E-state index contributed by atoms with van der Waals surface area (Å²) in [4.78, 5) is 27.3. The number of hydrogen-bond donors (Lipinski definition) is 2. The highest BCUT2D eigenvalue weighted by Crippen LogP contribution is 2.24. The van der Waals surface area contributed by atoms with Crippen LogP contribution in [0.25, 0.3) is 0 Å². The lowest BCUT2D eigenvalue weighted by atomic mass is 10.2. The first kappa shape index (κ1) is 20.7. The minimum atomic E-state index is -3.54. The van der Waals surface area contributed by atoms with E-state index in [-0.39, 0.29) is 4.90 Å². The van der Waals surface area contributed by atoms with Crippen molar-refractivity contribution in [1.29, 1.82) is 0 Å².